The summed E-state index contributed by atoms with van der Waals surface area (Å²) >= 11 is 0. The van der Waals surface area contributed by atoms with Crippen molar-refractivity contribution in [1.29, 1.82) is 0 Å². The fourth-order valence-electron chi connectivity index (χ4n) is 0. The molecule has 0 aromatic carbocycles. The van der Waals surface area contributed by atoms with Gasteiger partial charge in [-0.2, -0.15) is 0 Å². The average molecular weight is 412 g/mol. The van der Waals surface area contributed by atoms with Crippen molar-refractivity contribution < 1.29 is 50.6 Å². The summed E-state index contributed by atoms with van der Waals surface area (Å²) in [6.45, 7) is 0. The van der Waals surface area contributed by atoms with Crippen LogP contribution < -0.4 is 0 Å². The van der Waals surface area contributed by atoms with Gasteiger partial charge in [0.25, 0.3) is 31.5 Å². The molecule has 0 unspecified atom stereocenters. The van der Waals surface area contributed by atoms with E-state index in [1.165, 1.54) is 0 Å². The molecule has 0 saturated carbocycles. The van der Waals surface area contributed by atoms with Crippen LogP contribution in [0.15, 0.2) is 0 Å². The first kappa shape index (κ1) is 25.3. The van der Waals surface area contributed by atoms with Gasteiger partial charge in [-0.1, -0.05) is 0 Å². The first-order valence-electron chi connectivity index (χ1n) is 1.96. The summed E-state index contributed by atoms with van der Waals surface area (Å²) in [5.74, 6) is 0. The molecule has 0 aromatic heterocycles. The maximum Gasteiger partial charge on any atom is 3.00 e. The summed E-state index contributed by atoms with van der Waals surface area (Å²) in [5.41, 5.74) is 0. The Bertz CT molecular complexity index is 347. The summed E-state index contributed by atoms with van der Waals surface area (Å²) < 4.78 is 106. The summed E-state index contributed by atoms with van der Waals surface area (Å²) in [4.78, 5) is 0. The molecule has 0 fully saturated rings. The molecule has 0 radical (unpaired) electrons. The topological polar surface area (TPSA) is 172 Å². The molecule has 0 spiro atoms. The van der Waals surface area contributed by atoms with Crippen molar-refractivity contribution in [3.05, 3.63) is 0 Å². The zero-order chi connectivity index (χ0) is 13.5. The van der Waals surface area contributed by atoms with Crippen LogP contribution in [0.2, 0.25) is 0 Å². The molecule has 0 aromatic rings. The molecule has 0 aliphatic heterocycles. The number of halogens is 3. The third-order valence-electron chi connectivity index (χ3n) is 0. The van der Waals surface area contributed by atoms with Gasteiger partial charge < -0.3 is 13.7 Å². The molecule has 0 heterocycles. The minimum absolute atomic E-state index is 0. The molecule has 0 aliphatic carbocycles. The number of hydrogen-bond donors (Lipinski definition) is 0. The summed E-state index contributed by atoms with van der Waals surface area (Å²) in [7, 11) is -16.2. The zero-order valence-electron chi connectivity index (χ0n) is 6.61. The molecule has 16 heteroatoms. The molecule has 0 N–H and O–H groups in total. The number of rotatable bonds is 0. The molecule has 0 rings (SSSR count). The molecule has 96 valence electrons. The second-order valence-electron chi connectivity index (χ2n) is 1.18. The van der Waals surface area contributed by atoms with E-state index in [1.807, 2.05) is 0 Å². The minimum Gasteiger partial charge on any atom is -0.722 e. The first-order valence-corrected chi connectivity index (χ1v) is 5.89. The normalized spacial score (nSPS) is 10.9. The van der Waals surface area contributed by atoms with Crippen molar-refractivity contribution in [3.63, 3.8) is 0 Å². The van der Waals surface area contributed by atoms with Gasteiger partial charge in [-0.05, 0) is 0 Å². The van der Waals surface area contributed by atoms with Crippen molar-refractivity contribution in [2.75, 3.05) is 0 Å². The Labute approximate surface area is 108 Å². The van der Waals surface area contributed by atoms with Crippen molar-refractivity contribution in [1.82, 2.24) is 0 Å². The van der Waals surface area contributed by atoms with Gasteiger partial charge in [0, 0.05) is 0 Å². The van der Waals surface area contributed by atoms with Crippen LogP contribution in [0.5, 0.6) is 0 Å². The molecule has 0 bridgehead atoms. The number of hydrogen-bond acceptors (Lipinski definition) is 9. The molecule has 0 aliphatic rings. The predicted octanol–water partition coefficient (Wildman–Crippen LogP) is -2.13. The summed E-state index contributed by atoms with van der Waals surface area (Å²) in [6.07, 6.45) is 0. The monoisotopic (exact) mass is 412 g/mol. The standard InChI is InChI=1S/3FHO3S.In/c3*1-5(2,3)4;/h3*(H,2,3,4);/q;;;+3/p-3. The third kappa shape index (κ3) is 17000. The predicted molar refractivity (Wildman–Crippen MR) is 38.2 cm³/mol. The largest absolute Gasteiger partial charge is 3.00 e. The minimum atomic E-state index is -5.42. The fourth-order valence-corrected chi connectivity index (χ4v) is 0. The van der Waals surface area contributed by atoms with Gasteiger partial charge in [0.05, 0.1) is 0 Å². The van der Waals surface area contributed by atoms with E-state index >= 15 is 0 Å². The van der Waals surface area contributed by atoms with Crippen LogP contribution in [0.25, 0.3) is 0 Å². The molecule has 16 heavy (non-hydrogen) atoms. The Morgan fingerprint density at radius 3 is 0.562 bits per heavy atom. The Morgan fingerprint density at radius 1 is 0.562 bits per heavy atom. The third-order valence-corrected chi connectivity index (χ3v) is 0. The first-order chi connectivity index (χ1) is 6.00. The van der Waals surface area contributed by atoms with Gasteiger partial charge in [-0.3, -0.25) is 0 Å². The average Bonchev–Trinajstić information content (AvgIpc) is 1.41. The van der Waals surface area contributed by atoms with Crippen molar-refractivity contribution >= 4 is 57.4 Å². The smallest absolute Gasteiger partial charge is 0.722 e. The second-order valence-corrected chi connectivity index (χ2v) is 3.54. The van der Waals surface area contributed by atoms with Gasteiger partial charge in [0.15, 0.2) is 0 Å². The van der Waals surface area contributed by atoms with Crippen LogP contribution in [0, 0.1) is 0 Å². The van der Waals surface area contributed by atoms with Gasteiger partial charge in [-0.25, -0.2) is 25.3 Å². The van der Waals surface area contributed by atoms with Gasteiger partial charge >= 0.3 is 25.8 Å². The van der Waals surface area contributed by atoms with Crippen LogP contribution in [-0.4, -0.2) is 64.8 Å². The summed E-state index contributed by atoms with van der Waals surface area (Å²) in [5, 5.41) is 0. The van der Waals surface area contributed by atoms with E-state index in [-0.39, 0.29) is 25.8 Å². The zero-order valence-corrected chi connectivity index (χ0v) is 12.4. The summed E-state index contributed by atoms with van der Waals surface area (Å²) in [6, 6.07) is 0. The molecule has 0 amide bonds. The van der Waals surface area contributed by atoms with E-state index in [0.717, 1.165) is 0 Å². The molecule has 0 atom stereocenters. The van der Waals surface area contributed by atoms with E-state index in [0.29, 0.717) is 0 Å². The Morgan fingerprint density at radius 2 is 0.562 bits per heavy atom. The van der Waals surface area contributed by atoms with Crippen LogP contribution in [0.4, 0.5) is 11.7 Å². The maximum atomic E-state index is 10.1. The van der Waals surface area contributed by atoms with Crippen LogP contribution >= 0.6 is 0 Å². The molecular formula is F3InO9S3. The second kappa shape index (κ2) is 9.42. The van der Waals surface area contributed by atoms with E-state index in [2.05, 4.69) is 0 Å². The quantitative estimate of drug-likeness (QED) is 0.318. The van der Waals surface area contributed by atoms with E-state index in [1.54, 1.807) is 0 Å². The van der Waals surface area contributed by atoms with Crippen molar-refractivity contribution in [2.24, 2.45) is 0 Å². The van der Waals surface area contributed by atoms with E-state index in [4.69, 9.17) is 38.9 Å². The maximum absolute atomic E-state index is 10.1. The fraction of sp³-hybridized carbons (Fsp3) is 0. The van der Waals surface area contributed by atoms with Crippen molar-refractivity contribution in [3.8, 4) is 0 Å². The Hall–Kier alpha value is 0.390. The van der Waals surface area contributed by atoms with Gasteiger partial charge in [-0.15, -0.1) is 11.7 Å². The van der Waals surface area contributed by atoms with Gasteiger partial charge in [0.2, 0.25) is 0 Å². The van der Waals surface area contributed by atoms with Crippen molar-refractivity contribution in [2.45, 2.75) is 0 Å². The molecular weight excluding hydrogens is 412 g/mol. The van der Waals surface area contributed by atoms with E-state index < -0.39 is 31.5 Å². The van der Waals surface area contributed by atoms with Gasteiger partial charge in [0.1, 0.15) is 0 Å². The molecule has 9 nitrogen and oxygen atoms in total. The molecule has 0 saturated heterocycles. The van der Waals surface area contributed by atoms with Crippen LogP contribution in [0.3, 0.4) is 0 Å². The van der Waals surface area contributed by atoms with Crippen LogP contribution in [0.1, 0.15) is 0 Å². The van der Waals surface area contributed by atoms with E-state index in [9.17, 15) is 11.7 Å². The Kier molecular flexibility index (Phi) is 14.9. The van der Waals surface area contributed by atoms with Crippen LogP contribution in [-0.2, 0) is 31.5 Å². The Balaban J connectivity index is -0.0000000655. The SMILES string of the molecule is O=S(=O)([O-])F.O=S(=O)([O-])F.O=S(=O)([O-])F.[In+3].